The van der Waals surface area contributed by atoms with E-state index in [1.54, 1.807) is 37.4 Å². The molecule has 3 nitrogen and oxygen atoms in total. The van der Waals surface area contributed by atoms with Crippen LogP contribution in [0.15, 0.2) is 42.5 Å². The smallest absolute Gasteiger partial charge is 0.255 e. The predicted molar refractivity (Wildman–Crippen MR) is 77.1 cm³/mol. The number of anilines is 1. The molecule has 0 aliphatic heterocycles. The second-order valence-electron chi connectivity index (χ2n) is 4.14. The highest BCUT2D eigenvalue weighted by atomic mass is 35.5. The van der Waals surface area contributed by atoms with Crippen molar-refractivity contribution in [2.24, 2.45) is 0 Å². The van der Waals surface area contributed by atoms with Crippen molar-refractivity contribution in [3.05, 3.63) is 58.6 Å². The highest BCUT2D eigenvalue weighted by molar-refractivity contribution is 6.30. The van der Waals surface area contributed by atoms with Gasteiger partial charge >= 0.3 is 0 Å². The minimum absolute atomic E-state index is 0.173. The molecule has 0 unspecified atom stereocenters. The van der Waals surface area contributed by atoms with E-state index >= 15 is 0 Å². The molecule has 2 rings (SSSR count). The summed E-state index contributed by atoms with van der Waals surface area (Å²) in [4.78, 5) is 12.1. The zero-order valence-electron chi connectivity index (χ0n) is 10.7. The van der Waals surface area contributed by atoms with Crippen molar-refractivity contribution in [2.45, 2.75) is 6.92 Å². The molecular weight excluding hydrogens is 262 g/mol. The molecule has 0 aromatic heterocycles. The summed E-state index contributed by atoms with van der Waals surface area (Å²) in [5.74, 6) is 0.532. The Bertz CT molecular complexity index is 594. The first-order valence-corrected chi connectivity index (χ1v) is 6.19. The lowest BCUT2D eigenvalue weighted by molar-refractivity contribution is 0.102. The Kier molecular flexibility index (Phi) is 4.07. The second kappa shape index (κ2) is 5.76. The normalized spacial score (nSPS) is 10.1. The zero-order chi connectivity index (χ0) is 13.8. The number of rotatable bonds is 3. The molecule has 4 heteroatoms. The molecular formula is C15H14ClNO2. The Morgan fingerprint density at radius 2 is 1.84 bits per heavy atom. The number of methoxy groups -OCH3 is 1. The van der Waals surface area contributed by atoms with Crippen molar-refractivity contribution < 1.29 is 9.53 Å². The van der Waals surface area contributed by atoms with Crippen molar-refractivity contribution in [1.29, 1.82) is 0 Å². The maximum atomic E-state index is 12.1. The van der Waals surface area contributed by atoms with Gasteiger partial charge in [0.1, 0.15) is 5.75 Å². The monoisotopic (exact) mass is 275 g/mol. The van der Waals surface area contributed by atoms with Gasteiger partial charge in [-0.2, -0.15) is 0 Å². The van der Waals surface area contributed by atoms with E-state index in [9.17, 15) is 4.79 Å². The molecule has 19 heavy (non-hydrogen) atoms. The van der Waals surface area contributed by atoms with Crippen LogP contribution in [0.5, 0.6) is 5.75 Å². The molecule has 0 bridgehead atoms. The SMILES string of the molecule is COc1ccc(C)c(NC(=O)c2ccc(Cl)cc2)c1. The maximum absolute atomic E-state index is 12.1. The minimum Gasteiger partial charge on any atom is -0.497 e. The number of amides is 1. The molecule has 0 radical (unpaired) electrons. The lowest BCUT2D eigenvalue weighted by Gasteiger charge is -2.10. The lowest BCUT2D eigenvalue weighted by Crippen LogP contribution is -2.12. The van der Waals surface area contributed by atoms with Gasteiger partial charge < -0.3 is 10.1 Å². The van der Waals surface area contributed by atoms with E-state index in [2.05, 4.69) is 5.32 Å². The molecule has 0 heterocycles. The van der Waals surface area contributed by atoms with E-state index in [0.29, 0.717) is 16.3 Å². The summed E-state index contributed by atoms with van der Waals surface area (Å²) in [6, 6.07) is 12.3. The molecule has 0 aliphatic carbocycles. The quantitative estimate of drug-likeness (QED) is 0.922. The molecule has 1 N–H and O–H groups in total. The van der Waals surface area contributed by atoms with Crippen molar-refractivity contribution in [2.75, 3.05) is 12.4 Å². The van der Waals surface area contributed by atoms with Gasteiger partial charge in [-0.3, -0.25) is 4.79 Å². The number of halogens is 1. The Labute approximate surface area is 117 Å². The summed E-state index contributed by atoms with van der Waals surface area (Å²) >= 11 is 5.79. The first kappa shape index (κ1) is 13.4. The van der Waals surface area contributed by atoms with Crippen LogP contribution in [0, 0.1) is 6.92 Å². The second-order valence-corrected chi connectivity index (χ2v) is 4.58. The van der Waals surface area contributed by atoms with Crippen molar-refractivity contribution in [1.82, 2.24) is 0 Å². The summed E-state index contributed by atoms with van der Waals surface area (Å²) in [6.07, 6.45) is 0. The topological polar surface area (TPSA) is 38.3 Å². The summed E-state index contributed by atoms with van der Waals surface area (Å²) in [5.41, 5.74) is 2.27. The van der Waals surface area contributed by atoms with Gasteiger partial charge in [0.15, 0.2) is 0 Å². The number of benzene rings is 2. The van der Waals surface area contributed by atoms with Crippen LogP contribution in [-0.4, -0.2) is 13.0 Å². The minimum atomic E-state index is -0.173. The number of hydrogen-bond donors (Lipinski definition) is 1. The molecule has 0 aliphatic rings. The molecule has 0 saturated heterocycles. The zero-order valence-corrected chi connectivity index (χ0v) is 11.5. The molecule has 1 amide bonds. The standard InChI is InChI=1S/C15H14ClNO2/c1-10-3-8-13(19-2)9-14(10)17-15(18)11-4-6-12(16)7-5-11/h3-9H,1-2H3,(H,17,18). The fourth-order valence-corrected chi connectivity index (χ4v) is 1.78. The summed E-state index contributed by atoms with van der Waals surface area (Å²) in [6.45, 7) is 1.93. The summed E-state index contributed by atoms with van der Waals surface area (Å²) < 4.78 is 5.14. The Morgan fingerprint density at radius 1 is 1.16 bits per heavy atom. The highest BCUT2D eigenvalue weighted by Crippen LogP contribution is 2.22. The van der Waals surface area contributed by atoms with Gasteiger partial charge in [-0.1, -0.05) is 17.7 Å². The third kappa shape index (κ3) is 3.26. The highest BCUT2D eigenvalue weighted by Gasteiger charge is 2.08. The molecule has 0 atom stereocenters. The summed E-state index contributed by atoms with van der Waals surface area (Å²) in [7, 11) is 1.59. The van der Waals surface area contributed by atoms with Crippen LogP contribution in [0.2, 0.25) is 5.02 Å². The van der Waals surface area contributed by atoms with Gasteiger partial charge in [-0.05, 0) is 42.8 Å². The van der Waals surface area contributed by atoms with Crippen LogP contribution in [0.4, 0.5) is 5.69 Å². The molecule has 98 valence electrons. The van der Waals surface area contributed by atoms with E-state index in [1.807, 2.05) is 19.1 Å². The molecule has 0 spiro atoms. The predicted octanol–water partition coefficient (Wildman–Crippen LogP) is 3.91. The molecule has 0 fully saturated rings. The number of hydrogen-bond acceptors (Lipinski definition) is 2. The van der Waals surface area contributed by atoms with Gasteiger partial charge in [-0.15, -0.1) is 0 Å². The van der Waals surface area contributed by atoms with Crippen LogP contribution in [-0.2, 0) is 0 Å². The number of nitrogens with one attached hydrogen (secondary N) is 1. The van der Waals surface area contributed by atoms with Gasteiger partial charge in [0, 0.05) is 22.3 Å². The van der Waals surface area contributed by atoms with Crippen LogP contribution >= 0.6 is 11.6 Å². The lowest BCUT2D eigenvalue weighted by atomic mass is 10.1. The van der Waals surface area contributed by atoms with Crippen LogP contribution < -0.4 is 10.1 Å². The number of aryl methyl sites for hydroxylation is 1. The van der Waals surface area contributed by atoms with Crippen LogP contribution in [0.3, 0.4) is 0 Å². The van der Waals surface area contributed by atoms with Gasteiger partial charge in [0.05, 0.1) is 7.11 Å². The van der Waals surface area contributed by atoms with Crippen molar-refractivity contribution >= 4 is 23.2 Å². The first-order valence-electron chi connectivity index (χ1n) is 5.81. The van der Waals surface area contributed by atoms with Crippen molar-refractivity contribution in [3.63, 3.8) is 0 Å². The molecule has 2 aromatic carbocycles. The third-order valence-electron chi connectivity index (χ3n) is 2.80. The molecule has 2 aromatic rings. The van der Waals surface area contributed by atoms with Gasteiger partial charge in [0.25, 0.3) is 5.91 Å². The fourth-order valence-electron chi connectivity index (χ4n) is 1.66. The summed E-state index contributed by atoms with van der Waals surface area (Å²) in [5, 5.41) is 3.46. The first-order chi connectivity index (χ1) is 9.10. The Morgan fingerprint density at radius 3 is 2.47 bits per heavy atom. The number of carbonyl (C=O) groups excluding carboxylic acids is 1. The van der Waals surface area contributed by atoms with Crippen LogP contribution in [0.25, 0.3) is 0 Å². The number of ether oxygens (including phenoxy) is 1. The molecule has 0 saturated carbocycles. The van der Waals surface area contributed by atoms with E-state index in [4.69, 9.17) is 16.3 Å². The van der Waals surface area contributed by atoms with Crippen molar-refractivity contribution in [3.8, 4) is 5.75 Å². The average Bonchev–Trinajstić information content (AvgIpc) is 2.42. The Hall–Kier alpha value is -2.00. The largest absolute Gasteiger partial charge is 0.497 e. The van der Waals surface area contributed by atoms with E-state index in [-0.39, 0.29) is 5.91 Å². The Balaban J connectivity index is 2.21. The number of carbonyl (C=O) groups is 1. The van der Waals surface area contributed by atoms with E-state index < -0.39 is 0 Å². The fraction of sp³-hybridized carbons (Fsp3) is 0.133. The van der Waals surface area contributed by atoms with Gasteiger partial charge in [0.2, 0.25) is 0 Å². The average molecular weight is 276 g/mol. The third-order valence-corrected chi connectivity index (χ3v) is 3.05. The van der Waals surface area contributed by atoms with Gasteiger partial charge in [-0.25, -0.2) is 0 Å². The van der Waals surface area contributed by atoms with Crippen LogP contribution in [0.1, 0.15) is 15.9 Å². The van der Waals surface area contributed by atoms with E-state index in [0.717, 1.165) is 11.3 Å². The van der Waals surface area contributed by atoms with E-state index in [1.165, 1.54) is 0 Å². The maximum Gasteiger partial charge on any atom is 0.255 e.